The van der Waals surface area contributed by atoms with E-state index in [2.05, 4.69) is 9.46 Å². The van der Waals surface area contributed by atoms with Crippen molar-refractivity contribution in [2.45, 2.75) is 11.8 Å². The molecule has 0 radical (unpaired) electrons. The number of nitrogens with one attached hydrogen (secondary N) is 1. The van der Waals surface area contributed by atoms with E-state index in [4.69, 9.17) is 0 Å². The molecule has 5 nitrogen and oxygen atoms in total. The molecule has 0 aromatic heterocycles. The molecule has 0 heterocycles. The summed E-state index contributed by atoms with van der Waals surface area (Å²) in [6.07, 6.45) is 1.27. The normalized spacial score (nSPS) is 11.9. The second-order valence-electron chi connectivity index (χ2n) is 5.02. The van der Waals surface area contributed by atoms with Gasteiger partial charge in [0.15, 0.2) is 0 Å². The van der Waals surface area contributed by atoms with Crippen LogP contribution < -0.4 is 4.72 Å². The van der Waals surface area contributed by atoms with Crippen LogP contribution in [0, 0.1) is 12.7 Å². The first-order valence-electron chi connectivity index (χ1n) is 6.97. The van der Waals surface area contributed by atoms with Crippen LogP contribution in [0.15, 0.2) is 59.1 Å². The van der Waals surface area contributed by atoms with Crippen molar-refractivity contribution in [2.75, 3.05) is 7.11 Å². The number of halogens is 1. The summed E-state index contributed by atoms with van der Waals surface area (Å²) in [5.74, 6) is -1.29. The molecule has 7 heteroatoms. The summed E-state index contributed by atoms with van der Waals surface area (Å²) >= 11 is 0. The Bertz CT molecular complexity index is 856. The molecule has 0 unspecified atom stereocenters. The third-order valence-corrected chi connectivity index (χ3v) is 4.54. The number of esters is 1. The zero-order valence-electron chi connectivity index (χ0n) is 13.1. The lowest BCUT2D eigenvalue weighted by Crippen LogP contribution is -2.28. The van der Waals surface area contributed by atoms with Crippen molar-refractivity contribution in [1.29, 1.82) is 0 Å². The predicted octanol–water partition coefficient (Wildman–Crippen LogP) is 2.63. The van der Waals surface area contributed by atoms with Gasteiger partial charge in [-0.05, 0) is 42.8 Å². The van der Waals surface area contributed by atoms with Crippen molar-refractivity contribution in [3.63, 3.8) is 0 Å². The van der Waals surface area contributed by atoms with Crippen LogP contribution in [-0.4, -0.2) is 21.5 Å². The molecule has 0 saturated heterocycles. The van der Waals surface area contributed by atoms with Crippen LogP contribution in [0.1, 0.15) is 11.1 Å². The maximum Gasteiger partial charge on any atom is 0.355 e. The molecule has 0 aliphatic heterocycles. The molecule has 126 valence electrons. The average molecular weight is 349 g/mol. The predicted molar refractivity (Wildman–Crippen MR) is 87.9 cm³/mol. The summed E-state index contributed by atoms with van der Waals surface area (Å²) in [5, 5.41) is 0. The molecule has 0 atom stereocenters. The largest absolute Gasteiger partial charge is 0.464 e. The Hall–Kier alpha value is -2.67. The van der Waals surface area contributed by atoms with Crippen LogP contribution in [0.25, 0.3) is 6.08 Å². The van der Waals surface area contributed by atoms with Gasteiger partial charge >= 0.3 is 5.97 Å². The zero-order chi connectivity index (χ0) is 17.7. The van der Waals surface area contributed by atoms with E-state index in [0.29, 0.717) is 5.56 Å². The third kappa shape index (κ3) is 4.42. The Balaban J connectivity index is 2.37. The lowest BCUT2D eigenvalue weighted by molar-refractivity contribution is -0.136. The van der Waals surface area contributed by atoms with Gasteiger partial charge in [-0.15, -0.1) is 0 Å². The van der Waals surface area contributed by atoms with Crippen molar-refractivity contribution >= 4 is 22.1 Å². The first-order valence-corrected chi connectivity index (χ1v) is 8.45. The summed E-state index contributed by atoms with van der Waals surface area (Å²) in [7, 11) is -2.81. The first kappa shape index (κ1) is 17.7. The fraction of sp³-hybridized carbons (Fsp3) is 0.118. The molecule has 0 spiro atoms. The fourth-order valence-corrected chi connectivity index (χ4v) is 2.93. The van der Waals surface area contributed by atoms with Gasteiger partial charge in [0.1, 0.15) is 11.5 Å². The zero-order valence-corrected chi connectivity index (χ0v) is 13.9. The lowest BCUT2D eigenvalue weighted by atomic mass is 10.2. The summed E-state index contributed by atoms with van der Waals surface area (Å²) < 4.78 is 44.6. The number of methoxy groups -OCH3 is 1. The third-order valence-electron chi connectivity index (χ3n) is 3.16. The van der Waals surface area contributed by atoms with Gasteiger partial charge < -0.3 is 4.74 Å². The van der Waals surface area contributed by atoms with E-state index in [9.17, 15) is 17.6 Å². The lowest BCUT2D eigenvalue weighted by Gasteiger charge is -2.10. The van der Waals surface area contributed by atoms with E-state index in [0.717, 1.165) is 12.7 Å². The summed E-state index contributed by atoms with van der Waals surface area (Å²) in [5.41, 5.74) is 1.08. The first-order chi connectivity index (χ1) is 11.3. The van der Waals surface area contributed by atoms with Gasteiger partial charge in [0.25, 0.3) is 10.0 Å². The molecule has 0 bridgehead atoms. The van der Waals surface area contributed by atoms with Gasteiger partial charge in [0, 0.05) is 0 Å². The minimum atomic E-state index is -3.95. The van der Waals surface area contributed by atoms with Gasteiger partial charge in [0.05, 0.1) is 12.0 Å². The Labute approximate surface area is 139 Å². The molecule has 0 fully saturated rings. The average Bonchev–Trinajstić information content (AvgIpc) is 2.55. The van der Waals surface area contributed by atoms with Crippen molar-refractivity contribution < 1.29 is 22.3 Å². The minimum absolute atomic E-state index is 0.0157. The van der Waals surface area contributed by atoms with E-state index in [1.54, 1.807) is 12.1 Å². The molecule has 0 aliphatic carbocycles. The van der Waals surface area contributed by atoms with Gasteiger partial charge in [-0.3, -0.25) is 4.72 Å². The molecular formula is C17H16FNO4S. The molecule has 0 amide bonds. The fourth-order valence-electron chi connectivity index (χ4n) is 1.89. The van der Waals surface area contributed by atoms with E-state index in [-0.39, 0.29) is 10.6 Å². The monoisotopic (exact) mass is 349 g/mol. The molecule has 2 aromatic rings. The maximum absolute atomic E-state index is 13.0. The van der Waals surface area contributed by atoms with Crippen LogP contribution in [0.2, 0.25) is 0 Å². The minimum Gasteiger partial charge on any atom is -0.464 e. The number of hydrogen-bond acceptors (Lipinski definition) is 4. The smallest absolute Gasteiger partial charge is 0.355 e. The van der Waals surface area contributed by atoms with Gasteiger partial charge in [-0.1, -0.05) is 29.8 Å². The van der Waals surface area contributed by atoms with Crippen molar-refractivity contribution in [2.24, 2.45) is 0 Å². The molecule has 2 aromatic carbocycles. The van der Waals surface area contributed by atoms with Gasteiger partial charge in [0.2, 0.25) is 0 Å². The van der Waals surface area contributed by atoms with Crippen molar-refractivity contribution in [1.82, 2.24) is 4.72 Å². The topological polar surface area (TPSA) is 72.5 Å². The quantitative estimate of drug-likeness (QED) is 0.665. The summed E-state index contributed by atoms with van der Waals surface area (Å²) in [6.45, 7) is 1.83. The Morgan fingerprint density at radius 1 is 1.08 bits per heavy atom. The van der Waals surface area contributed by atoms with Crippen LogP contribution in [0.4, 0.5) is 4.39 Å². The highest BCUT2D eigenvalue weighted by Crippen LogP contribution is 2.14. The van der Waals surface area contributed by atoms with Crippen LogP contribution in [0.3, 0.4) is 0 Å². The summed E-state index contributed by atoms with van der Waals surface area (Å²) in [6, 6.07) is 11.4. The standard InChI is InChI=1S/C17H16FNO4S/c1-12-3-9-15(10-4-12)24(21,22)19-16(17(20)23-2)11-13-5-7-14(18)8-6-13/h3-11,19H,1-2H3/b16-11-. The highest BCUT2D eigenvalue weighted by Gasteiger charge is 2.20. The highest BCUT2D eigenvalue weighted by molar-refractivity contribution is 7.89. The Morgan fingerprint density at radius 3 is 2.21 bits per heavy atom. The number of carbonyl (C=O) groups excluding carboxylic acids is 1. The molecule has 1 N–H and O–H groups in total. The van der Waals surface area contributed by atoms with E-state index < -0.39 is 21.8 Å². The number of sulfonamides is 1. The molecule has 24 heavy (non-hydrogen) atoms. The van der Waals surface area contributed by atoms with Crippen LogP contribution in [-0.2, 0) is 19.6 Å². The molecule has 2 rings (SSSR count). The van der Waals surface area contributed by atoms with Crippen LogP contribution >= 0.6 is 0 Å². The van der Waals surface area contributed by atoms with E-state index in [1.807, 2.05) is 6.92 Å². The van der Waals surface area contributed by atoms with Gasteiger partial charge in [-0.25, -0.2) is 17.6 Å². The highest BCUT2D eigenvalue weighted by atomic mass is 32.2. The molecule has 0 aliphatic rings. The maximum atomic E-state index is 13.0. The molecule has 0 saturated carbocycles. The number of carbonyl (C=O) groups is 1. The van der Waals surface area contributed by atoms with E-state index in [1.165, 1.54) is 42.5 Å². The number of benzene rings is 2. The number of ether oxygens (including phenoxy) is 1. The summed E-state index contributed by atoms with van der Waals surface area (Å²) in [4.78, 5) is 11.9. The second-order valence-corrected chi connectivity index (χ2v) is 6.70. The van der Waals surface area contributed by atoms with Gasteiger partial charge in [-0.2, -0.15) is 0 Å². The Kier molecular flexibility index (Phi) is 5.35. The van der Waals surface area contributed by atoms with Crippen LogP contribution in [0.5, 0.6) is 0 Å². The SMILES string of the molecule is COC(=O)/C(=C/c1ccc(F)cc1)NS(=O)(=O)c1ccc(C)cc1. The Morgan fingerprint density at radius 2 is 1.67 bits per heavy atom. The van der Waals surface area contributed by atoms with Crippen molar-refractivity contribution in [3.8, 4) is 0 Å². The number of hydrogen-bond donors (Lipinski definition) is 1. The second kappa shape index (κ2) is 7.27. The van der Waals surface area contributed by atoms with E-state index >= 15 is 0 Å². The molecular weight excluding hydrogens is 333 g/mol. The number of aryl methyl sites for hydroxylation is 1. The number of rotatable bonds is 5. The van der Waals surface area contributed by atoms with Crippen molar-refractivity contribution in [3.05, 3.63) is 71.2 Å².